The number of benzene rings is 1. The number of nitrogens with zero attached hydrogens (tertiary/aromatic N) is 2. The summed E-state index contributed by atoms with van der Waals surface area (Å²) in [5.74, 6) is 1.81. The number of ether oxygens (including phenoxy) is 2. The van der Waals surface area contributed by atoms with E-state index in [0.29, 0.717) is 6.79 Å². The molecule has 0 aliphatic carbocycles. The predicted octanol–water partition coefficient (Wildman–Crippen LogP) is 2.36. The van der Waals surface area contributed by atoms with Crippen LogP contribution in [0.25, 0.3) is 0 Å². The summed E-state index contributed by atoms with van der Waals surface area (Å²) in [6, 6.07) is 4.02. The Morgan fingerprint density at radius 2 is 1.95 bits per heavy atom. The minimum Gasteiger partial charge on any atom is -0.454 e. The van der Waals surface area contributed by atoms with Gasteiger partial charge in [-0.2, -0.15) is 0 Å². The van der Waals surface area contributed by atoms with Gasteiger partial charge in [-0.3, -0.25) is 0 Å². The van der Waals surface area contributed by atoms with Gasteiger partial charge in [0, 0.05) is 36.2 Å². The van der Waals surface area contributed by atoms with Gasteiger partial charge in [0.15, 0.2) is 11.5 Å². The summed E-state index contributed by atoms with van der Waals surface area (Å²) in [7, 11) is 2.19. The molecule has 0 amide bonds. The normalized spacial score (nSPS) is 19.5. The molecule has 20 heavy (non-hydrogen) atoms. The highest BCUT2D eigenvalue weighted by atomic mass is 79.9. The monoisotopic (exact) mass is 340 g/mol. The van der Waals surface area contributed by atoms with Gasteiger partial charge in [0.25, 0.3) is 0 Å². The Hall–Kier alpha value is -0.780. The molecule has 4 nitrogen and oxygen atoms in total. The van der Waals surface area contributed by atoms with Gasteiger partial charge in [-0.05, 0) is 38.6 Å². The number of likely N-dealkylation sites (N-methyl/N-ethyl adjacent to an activating group) is 1. The van der Waals surface area contributed by atoms with Gasteiger partial charge < -0.3 is 19.3 Å². The van der Waals surface area contributed by atoms with Gasteiger partial charge >= 0.3 is 0 Å². The van der Waals surface area contributed by atoms with E-state index >= 15 is 0 Å². The van der Waals surface area contributed by atoms with E-state index in [0.717, 1.165) is 35.4 Å². The highest BCUT2D eigenvalue weighted by Crippen LogP contribution is 2.40. The third kappa shape index (κ3) is 3.10. The second-order valence-electron chi connectivity index (χ2n) is 5.51. The van der Waals surface area contributed by atoms with Gasteiger partial charge in [0.1, 0.15) is 0 Å². The van der Waals surface area contributed by atoms with Crippen LogP contribution in [0, 0.1) is 0 Å². The molecule has 2 aliphatic rings. The molecule has 5 heteroatoms. The van der Waals surface area contributed by atoms with Crippen molar-refractivity contribution in [3.8, 4) is 11.5 Å². The van der Waals surface area contributed by atoms with Gasteiger partial charge in [0.2, 0.25) is 6.79 Å². The molecule has 2 heterocycles. The van der Waals surface area contributed by atoms with Crippen molar-refractivity contribution >= 4 is 15.9 Å². The summed E-state index contributed by atoms with van der Waals surface area (Å²) in [6.45, 7) is 6.24. The van der Waals surface area contributed by atoms with E-state index in [1.165, 1.54) is 31.7 Å². The van der Waals surface area contributed by atoms with Crippen molar-refractivity contribution in [1.82, 2.24) is 9.80 Å². The van der Waals surface area contributed by atoms with Gasteiger partial charge in [-0.1, -0.05) is 15.9 Å². The van der Waals surface area contributed by atoms with Crippen molar-refractivity contribution in [3.05, 3.63) is 22.2 Å². The van der Waals surface area contributed by atoms with Crippen LogP contribution in [-0.2, 0) is 6.42 Å². The SMILES string of the molecule is CN1CCN(CCCc2c(Br)ccc3c2OCO3)CC1. The van der Waals surface area contributed by atoms with E-state index in [9.17, 15) is 0 Å². The van der Waals surface area contributed by atoms with Crippen LogP contribution in [0.2, 0.25) is 0 Å². The summed E-state index contributed by atoms with van der Waals surface area (Å²) in [5, 5.41) is 0. The second-order valence-corrected chi connectivity index (χ2v) is 6.36. The zero-order chi connectivity index (χ0) is 13.9. The smallest absolute Gasteiger partial charge is 0.231 e. The van der Waals surface area contributed by atoms with Crippen molar-refractivity contribution in [2.24, 2.45) is 0 Å². The molecule has 1 aromatic carbocycles. The first-order valence-corrected chi connectivity index (χ1v) is 8.01. The Morgan fingerprint density at radius 1 is 1.15 bits per heavy atom. The van der Waals surface area contributed by atoms with Crippen LogP contribution < -0.4 is 9.47 Å². The Kier molecular flexibility index (Phi) is 4.48. The largest absolute Gasteiger partial charge is 0.454 e. The van der Waals surface area contributed by atoms with Crippen LogP contribution in [0.15, 0.2) is 16.6 Å². The number of piperazine rings is 1. The van der Waals surface area contributed by atoms with Gasteiger partial charge in [0.05, 0.1) is 0 Å². The number of halogens is 1. The standard InChI is InChI=1S/C15H21BrN2O2/c1-17-7-9-18(10-8-17)6-2-3-12-13(16)4-5-14-15(12)20-11-19-14/h4-5H,2-3,6-11H2,1H3. The zero-order valence-corrected chi connectivity index (χ0v) is 13.5. The van der Waals surface area contributed by atoms with E-state index < -0.39 is 0 Å². The van der Waals surface area contributed by atoms with E-state index in [1.54, 1.807) is 0 Å². The van der Waals surface area contributed by atoms with Crippen molar-refractivity contribution in [1.29, 1.82) is 0 Å². The summed E-state index contributed by atoms with van der Waals surface area (Å²) in [6.07, 6.45) is 2.18. The first-order valence-electron chi connectivity index (χ1n) is 7.22. The summed E-state index contributed by atoms with van der Waals surface area (Å²) >= 11 is 3.63. The maximum Gasteiger partial charge on any atom is 0.231 e. The molecule has 0 N–H and O–H groups in total. The van der Waals surface area contributed by atoms with Crippen molar-refractivity contribution < 1.29 is 9.47 Å². The maximum absolute atomic E-state index is 5.59. The van der Waals surface area contributed by atoms with E-state index in [-0.39, 0.29) is 0 Å². The highest BCUT2D eigenvalue weighted by Gasteiger charge is 2.20. The first kappa shape index (κ1) is 14.2. The molecular formula is C15H21BrN2O2. The zero-order valence-electron chi connectivity index (χ0n) is 11.9. The Morgan fingerprint density at radius 3 is 2.75 bits per heavy atom. The molecule has 110 valence electrons. The lowest BCUT2D eigenvalue weighted by Crippen LogP contribution is -2.44. The predicted molar refractivity (Wildman–Crippen MR) is 82.5 cm³/mol. The fourth-order valence-electron chi connectivity index (χ4n) is 2.79. The molecule has 1 saturated heterocycles. The molecule has 1 aromatic rings. The molecular weight excluding hydrogens is 320 g/mol. The van der Waals surface area contributed by atoms with E-state index in [4.69, 9.17) is 9.47 Å². The number of fused-ring (bicyclic) bond motifs is 1. The number of hydrogen-bond donors (Lipinski definition) is 0. The topological polar surface area (TPSA) is 24.9 Å². The van der Waals surface area contributed by atoms with Gasteiger partial charge in [-0.25, -0.2) is 0 Å². The molecule has 0 unspecified atom stereocenters. The average molecular weight is 341 g/mol. The van der Waals surface area contributed by atoms with Crippen LogP contribution >= 0.6 is 15.9 Å². The highest BCUT2D eigenvalue weighted by molar-refractivity contribution is 9.10. The maximum atomic E-state index is 5.59. The molecule has 3 rings (SSSR count). The average Bonchev–Trinajstić information content (AvgIpc) is 2.92. The minimum absolute atomic E-state index is 0.344. The quantitative estimate of drug-likeness (QED) is 0.840. The number of rotatable bonds is 4. The van der Waals surface area contributed by atoms with Gasteiger partial charge in [-0.15, -0.1) is 0 Å². The van der Waals surface area contributed by atoms with Crippen molar-refractivity contribution in [2.45, 2.75) is 12.8 Å². The summed E-state index contributed by atoms with van der Waals surface area (Å²) in [5.41, 5.74) is 1.24. The van der Waals surface area contributed by atoms with Crippen molar-refractivity contribution in [3.63, 3.8) is 0 Å². The molecule has 0 atom stereocenters. The Balaban J connectivity index is 1.55. The summed E-state index contributed by atoms with van der Waals surface area (Å²) in [4.78, 5) is 4.94. The third-order valence-corrected chi connectivity index (χ3v) is 4.82. The fraction of sp³-hybridized carbons (Fsp3) is 0.600. The van der Waals surface area contributed by atoms with Crippen LogP contribution in [-0.4, -0.2) is 56.4 Å². The van der Waals surface area contributed by atoms with Crippen LogP contribution in [0.4, 0.5) is 0 Å². The lowest BCUT2D eigenvalue weighted by Gasteiger charge is -2.32. The van der Waals surface area contributed by atoms with Crippen LogP contribution in [0.5, 0.6) is 11.5 Å². The molecule has 0 radical (unpaired) electrons. The lowest BCUT2D eigenvalue weighted by atomic mass is 10.1. The molecule has 0 aromatic heterocycles. The molecule has 1 fully saturated rings. The third-order valence-electron chi connectivity index (χ3n) is 4.08. The van der Waals surface area contributed by atoms with Crippen molar-refractivity contribution in [2.75, 3.05) is 46.6 Å². The lowest BCUT2D eigenvalue weighted by molar-refractivity contribution is 0.152. The molecule has 0 saturated carbocycles. The van der Waals surface area contributed by atoms with E-state index in [1.807, 2.05) is 6.07 Å². The fourth-order valence-corrected chi connectivity index (χ4v) is 3.30. The number of hydrogen-bond acceptors (Lipinski definition) is 4. The minimum atomic E-state index is 0.344. The molecule has 0 spiro atoms. The Bertz CT molecular complexity index is 473. The second kappa shape index (κ2) is 6.33. The summed E-state index contributed by atoms with van der Waals surface area (Å²) < 4.78 is 12.2. The Labute approximate surface area is 128 Å². The van der Waals surface area contributed by atoms with E-state index in [2.05, 4.69) is 38.8 Å². The first-order chi connectivity index (χ1) is 9.74. The van der Waals surface area contributed by atoms with Crippen LogP contribution in [0.1, 0.15) is 12.0 Å². The van der Waals surface area contributed by atoms with Crippen LogP contribution in [0.3, 0.4) is 0 Å². The molecule has 0 bridgehead atoms. The molecule has 2 aliphatic heterocycles.